The number of fused-ring (bicyclic) bond motifs is 3. The summed E-state index contributed by atoms with van der Waals surface area (Å²) >= 11 is 0. The van der Waals surface area contributed by atoms with Gasteiger partial charge in [0, 0.05) is 48.9 Å². The molecule has 10 heteroatoms. The van der Waals surface area contributed by atoms with Crippen molar-refractivity contribution < 1.29 is 18.0 Å². The van der Waals surface area contributed by atoms with Crippen molar-refractivity contribution in [3.63, 3.8) is 0 Å². The van der Waals surface area contributed by atoms with Gasteiger partial charge in [-0.15, -0.1) is 0 Å². The first-order valence-corrected chi connectivity index (χ1v) is 10.0. The van der Waals surface area contributed by atoms with Crippen LogP contribution in [0.15, 0.2) is 24.5 Å². The molecule has 2 saturated heterocycles. The maximum Gasteiger partial charge on any atom is 0.260 e. The highest BCUT2D eigenvalue weighted by molar-refractivity contribution is 5.94. The second-order valence-electron chi connectivity index (χ2n) is 8.43. The number of hydrogen-bond donors (Lipinski definition) is 2. The molecule has 0 aromatic carbocycles. The first kappa shape index (κ1) is 17.8. The number of carbonyl (C=O) groups is 1. The van der Waals surface area contributed by atoms with Crippen molar-refractivity contribution >= 4 is 22.6 Å². The van der Waals surface area contributed by atoms with Crippen LogP contribution in [0.1, 0.15) is 19.3 Å². The van der Waals surface area contributed by atoms with E-state index >= 15 is 0 Å². The van der Waals surface area contributed by atoms with Gasteiger partial charge in [0.2, 0.25) is 11.9 Å². The SMILES string of the molecule is O=C(C1CC1(F)F)N1C2CCC1CN(c1ccnc3[nH]c(-c4cn[nH]c4F)cc13)C2. The average molecular weight is 416 g/mol. The Kier molecular flexibility index (Phi) is 3.55. The van der Waals surface area contributed by atoms with Crippen molar-refractivity contribution in [2.24, 2.45) is 5.92 Å². The predicted molar refractivity (Wildman–Crippen MR) is 103 cm³/mol. The summed E-state index contributed by atoms with van der Waals surface area (Å²) < 4.78 is 40.8. The first-order valence-electron chi connectivity index (χ1n) is 10.0. The minimum Gasteiger partial charge on any atom is -0.367 e. The standard InChI is InChI=1S/C20H19F3N6O/c21-17-13(7-25-27-17)15-5-12-16(3-4-24-18(12)26-15)28-8-10-1-2-11(9-28)29(10)19(30)14-6-20(14,22)23/h3-5,7,10-11,14H,1-2,6,8-9H2,(H,24,26)(H,25,27). The van der Waals surface area contributed by atoms with Gasteiger partial charge in [-0.3, -0.25) is 9.89 Å². The molecule has 7 nitrogen and oxygen atoms in total. The second kappa shape index (κ2) is 5.99. The maximum atomic E-state index is 13.9. The van der Waals surface area contributed by atoms with Crippen molar-refractivity contribution in [2.75, 3.05) is 18.0 Å². The number of aromatic nitrogens is 4. The van der Waals surface area contributed by atoms with Gasteiger partial charge in [-0.2, -0.15) is 9.49 Å². The smallest absolute Gasteiger partial charge is 0.260 e. The van der Waals surface area contributed by atoms with Crippen LogP contribution in [0.2, 0.25) is 0 Å². The Morgan fingerprint density at radius 2 is 1.97 bits per heavy atom. The van der Waals surface area contributed by atoms with Gasteiger partial charge in [-0.25, -0.2) is 13.8 Å². The molecule has 1 aliphatic carbocycles. The molecule has 2 aliphatic heterocycles. The molecule has 30 heavy (non-hydrogen) atoms. The molecule has 2 N–H and O–H groups in total. The highest BCUT2D eigenvalue weighted by Gasteiger charge is 2.64. The van der Waals surface area contributed by atoms with Crippen molar-refractivity contribution in [3.8, 4) is 11.3 Å². The van der Waals surface area contributed by atoms with E-state index in [1.807, 2.05) is 12.1 Å². The van der Waals surface area contributed by atoms with Crippen LogP contribution in [0.25, 0.3) is 22.3 Å². The van der Waals surface area contributed by atoms with E-state index in [9.17, 15) is 18.0 Å². The summed E-state index contributed by atoms with van der Waals surface area (Å²) in [6.07, 6.45) is 4.41. The van der Waals surface area contributed by atoms with Crippen LogP contribution >= 0.6 is 0 Å². The zero-order valence-electron chi connectivity index (χ0n) is 15.9. The largest absolute Gasteiger partial charge is 0.367 e. The molecule has 3 atom stereocenters. The van der Waals surface area contributed by atoms with E-state index < -0.39 is 23.7 Å². The number of aromatic amines is 2. The highest BCUT2D eigenvalue weighted by atomic mass is 19.3. The summed E-state index contributed by atoms with van der Waals surface area (Å²) in [5.41, 5.74) is 2.47. The summed E-state index contributed by atoms with van der Waals surface area (Å²) in [5, 5.41) is 6.86. The number of H-pyrrole nitrogens is 2. The minimum atomic E-state index is -2.84. The Hall–Kier alpha value is -3.04. The first-order chi connectivity index (χ1) is 14.4. The number of pyridine rings is 1. The fourth-order valence-corrected chi connectivity index (χ4v) is 5.01. The molecule has 1 saturated carbocycles. The number of carbonyl (C=O) groups excluding carboxylic acids is 1. The Morgan fingerprint density at radius 3 is 2.60 bits per heavy atom. The molecule has 156 valence electrons. The Morgan fingerprint density at radius 1 is 1.23 bits per heavy atom. The molecule has 3 unspecified atom stereocenters. The van der Waals surface area contributed by atoms with Gasteiger partial charge in [-0.1, -0.05) is 0 Å². The molecule has 3 aromatic rings. The average Bonchev–Trinajstić information content (AvgIpc) is 3.08. The Bertz CT molecular complexity index is 1140. The number of nitrogens with zero attached hydrogens (tertiary/aromatic N) is 4. The summed E-state index contributed by atoms with van der Waals surface area (Å²) in [4.78, 5) is 24.0. The van der Waals surface area contributed by atoms with E-state index in [0.29, 0.717) is 30.0 Å². The van der Waals surface area contributed by atoms with Gasteiger partial charge in [0.15, 0.2) is 0 Å². The van der Waals surface area contributed by atoms with Crippen molar-refractivity contribution in [3.05, 3.63) is 30.5 Å². The molecule has 0 spiro atoms. The van der Waals surface area contributed by atoms with E-state index in [1.54, 1.807) is 11.1 Å². The van der Waals surface area contributed by atoms with Crippen LogP contribution in [0, 0.1) is 11.9 Å². The van der Waals surface area contributed by atoms with E-state index in [4.69, 9.17) is 0 Å². The lowest BCUT2D eigenvalue weighted by atomic mass is 10.1. The van der Waals surface area contributed by atoms with E-state index in [0.717, 1.165) is 23.9 Å². The molecule has 3 aromatic heterocycles. The quantitative estimate of drug-likeness (QED) is 0.688. The van der Waals surface area contributed by atoms with E-state index in [2.05, 4.69) is 25.1 Å². The minimum absolute atomic E-state index is 0.0689. The second-order valence-corrected chi connectivity index (χ2v) is 8.43. The van der Waals surface area contributed by atoms with Crippen molar-refractivity contribution in [1.82, 2.24) is 25.1 Å². The fourth-order valence-electron chi connectivity index (χ4n) is 5.01. The lowest BCUT2D eigenvalue weighted by Gasteiger charge is -2.42. The Balaban J connectivity index is 1.30. The molecular formula is C20H19F3N6O. The summed E-state index contributed by atoms with van der Waals surface area (Å²) in [6.45, 7) is 1.17. The molecule has 3 fully saturated rings. The number of halogens is 3. The van der Waals surface area contributed by atoms with Crippen LogP contribution in [0.3, 0.4) is 0 Å². The highest BCUT2D eigenvalue weighted by Crippen LogP contribution is 2.51. The van der Waals surface area contributed by atoms with Crippen molar-refractivity contribution in [1.29, 1.82) is 0 Å². The number of rotatable bonds is 3. The van der Waals surface area contributed by atoms with E-state index in [1.165, 1.54) is 6.20 Å². The fraction of sp³-hybridized carbons (Fsp3) is 0.450. The van der Waals surface area contributed by atoms with Crippen LogP contribution in [-0.2, 0) is 4.79 Å². The number of hydrogen-bond acceptors (Lipinski definition) is 4. The molecule has 1 amide bonds. The number of nitrogens with one attached hydrogen (secondary N) is 2. The molecular weight excluding hydrogens is 397 g/mol. The monoisotopic (exact) mass is 416 g/mol. The summed E-state index contributed by atoms with van der Waals surface area (Å²) in [7, 11) is 0. The molecule has 6 rings (SSSR count). The van der Waals surface area contributed by atoms with Gasteiger partial charge >= 0.3 is 0 Å². The van der Waals surface area contributed by atoms with Crippen LogP contribution < -0.4 is 4.90 Å². The number of piperazine rings is 1. The maximum absolute atomic E-state index is 13.9. The van der Waals surface area contributed by atoms with Crippen LogP contribution in [0.4, 0.5) is 18.9 Å². The zero-order chi connectivity index (χ0) is 20.6. The zero-order valence-corrected chi connectivity index (χ0v) is 15.9. The summed E-state index contributed by atoms with van der Waals surface area (Å²) in [5.74, 6) is -4.90. The number of amides is 1. The van der Waals surface area contributed by atoms with Gasteiger partial charge in [0.25, 0.3) is 5.92 Å². The van der Waals surface area contributed by atoms with Gasteiger partial charge in [0.1, 0.15) is 11.6 Å². The summed E-state index contributed by atoms with van der Waals surface area (Å²) in [6, 6.07) is 3.61. The lowest BCUT2D eigenvalue weighted by Crippen LogP contribution is -2.56. The van der Waals surface area contributed by atoms with Gasteiger partial charge < -0.3 is 14.8 Å². The van der Waals surface area contributed by atoms with Crippen LogP contribution in [-0.4, -0.2) is 62.1 Å². The van der Waals surface area contributed by atoms with Crippen LogP contribution in [0.5, 0.6) is 0 Å². The normalized spacial score (nSPS) is 27.1. The molecule has 2 bridgehead atoms. The van der Waals surface area contributed by atoms with Gasteiger partial charge in [0.05, 0.1) is 17.5 Å². The third-order valence-corrected chi connectivity index (χ3v) is 6.59. The molecule has 0 radical (unpaired) electrons. The third kappa shape index (κ3) is 2.55. The van der Waals surface area contributed by atoms with Crippen molar-refractivity contribution in [2.45, 2.75) is 37.3 Å². The topological polar surface area (TPSA) is 80.9 Å². The van der Waals surface area contributed by atoms with E-state index in [-0.39, 0.29) is 18.5 Å². The predicted octanol–water partition coefficient (Wildman–Crippen LogP) is 2.93. The Labute approximate surface area is 169 Å². The molecule has 3 aliphatic rings. The number of alkyl halides is 2. The van der Waals surface area contributed by atoms with Gasteiger partial charge in [-0.05, 0) is 25.0 Å². The lowest BCUT2D eigenvalue weighted by molar-refractivity contribution is -0.138. The number of anilines is 1. The third-order valence-electron chi connectivity index (χ3n) is 6.59. The molecule has 5 heterocycles.